The number of likely N-dealkylation sites (N-methyl/N-ethyl adjacent to an activating group) is 2. The lowest BCUT2D eigenvalue weighted by atomic mass is 10.1. The van der Waals surface area contributed by atoms with Crippen molar-refractivity contribution in [2.75, 3.05) is 27.2 Å². The maximum absolute atomic E-state index is 5.81. The third-order valence-corrected chi connectivity index (χ3v) is 3.31. The Labute approximate surface area is 97.0 Å². The van der Waals surface area contributed by atoms with Gasteiger partial charge in [-0.1, -0.05) is 0 Å². The van der Waals surface area contributed by atoms with Crippen molar-refractivity contribution >= 4 is 0 Å². The molecule has 0 amide bonds. The van der Waals surface area contributed by atoms with E-state index in [0.717, 1.165) is 37.6 Å². The number of rotatable bonds is 4. The van der Waals surface area contributed by atoms with Crippen molar-refractivity contribution in [3.05, 3.63) is 17.8 Å². The Morgan fingerprint density at radius 2 is 2.50 bits per heavy atom. The standard InChI is InChI=1S/C12H21N3O/c1-9(13-2)6-11-7-14-12(16-11)10-4-5-15(3)8-10/h7,9-10,13H,4-6,8H2,1-3H3. The molecule has 16 heavy (non-hydrogen) atoms. The first-order valence-electron chi connectivity index (χ1n) is 5.99. The fraction of sp³-hybridized carbons (Fsp3) is 0.750. The highest BCUT2D eigenvalue weighted by Crippen LogP contribution is 2.25. The molecule has 0 saturated carbocycles. The highest BCUT2D eigenvalue weighted by Gasteiger charge is 2.25. The van der Waals surface area contributed by atoms with Crippen LogP contribution in [0.25, 0.3) is 0 Å². The Bertz CT molecular complexity index is 337. The second-order valence-corrected chi connectivity index (χ2v) is 4.81. The van der Waals surface area contributed by atoms with Crippen LogP contribution in [-0.2, 0) is 6.42 Å². The molecule has 1 aromatic heterocycles. The van der Waals surface area contributed by atoms with Crippen LogP contribution < -0.4 is 5.32 Å². The van der Waals surface area contributed by atoms with Crippen LogP contribution in [0.2, 0.25) is 0 Å². The molecule has 2 rings (SSSR count). The van der Waals surface area contributed by atoms with E-state index in [1.807, 2.05) is 13.2 Å². The van der Waals surface area contributed by atoms with Crippen molar-refractivity contribution in [2.45, 2.75) is 31.7 Å². The van der Waals surface area contributed by atoms with E-state index in [2.05, 4.69) is 29.2 Å². The van der Waals surface area contributed by atoms with E-state index in [-0.39, 0.29) is 0 Å². The molecular formula is C12H21N3O. The van der Waals surface area contributed by atoms with Gasteiger partial charge in [-0.3, -0.25) is 0 Å². The molecule has 1 saturated heterocycles. The van der Waals surface area contributed by atoms with Crippen LogP contribution >= 0.6 is 0 Å². The van der Waals surface area contributed by atoms with E-state index in [1.165, 1.54) is 0 Å². The molecule has 0 spiro atoms. The van der Waals surface area contributed by atoms with Crippen LogP contribution in [0.1, 0.15) is 30.9 Å². The quantitative estimate of drug-likeness (QED) is 0.834. The lowest BCUT2D eigenvalue weighted by Gasteiger charge is -2.07. The van der Waals surface area contributed by atoms with Crippen molar-refractivity contribution in [1.29, 1.82) is 0 Å². The fourth-order valence-electron chi connectivity index (χ4n) is 2.15. The first-order chi connectivity index (χ1) is 7.69. The molecule has 0 bridgehead atoms. The van der Waals surface area contributed by atoms with Gasteiger partial charge in [0, 0.05) is 24.9 Å². The van der Waals surface area contributed by atoms with Crippen molar-refractivity contribution < 1.29 is 4.42 Å². The monoisotopic (exact) mass is 223 g/mol. The van der Waals surface area contributed by atoms with Gasteiger partial charge in [-0.15, -0.1) is 0 Å². The lowest BCUT2D eigenvalue weighted by molar-refractivity contribution is 0.379. The maximum Gasteiger partial charge on any atom is 0.198 e. The molecule has 4 heteroatoms. The van der Waals surface area contributed by atoms with Gasteiger partial charge >= 0.3 is 0 Å². The molecule has 0 aliphatic carbocycles. The molecule has 1 aromatic rings. The molecule has 90 valence electrons. The summed E-state index contributed by atoms with van der Waals surface area (Å²) in [6, 6.07) is 0.437. The Morgan fingerprint density at radius 1 is 1.69 bits per heavy atom. The van der Waals surface area contributed by atoms with Gasteiger partial charge < -0.3 is 14.6 Å². The zero-order valence-electron chi connectivity index (χ0n) is 10.4. The van der Waals surface area contributed by atoms with Crippen molar-refractivity contribution in [3.8, 4) is 0 Å². The summed E-state index contributed by atoms with van der Waals surface area (Å²) in [5.74, 6) is 2.40. The highest BCUT2D eigenvalue weighted by atomic mass is 16.4. The van der Waals surface area contributed by atoms with E-state index < -0.39 is 0 Å². The molecule has 2 atom stereocenters. The van der Waals surface area contributed by atoms with Gasteiger partial charge in [-0.05, 0) is 34.0 Å². The third-order valence-electron chi connectivity index (χ3n) is 3.31. The summed E-state index contributed by atoms with van der Waals surface area (Å²) in [6.45, 7) is 4.36. The van der Waals surface area contributed by atoms with Crippen LogP contribution in [0.3, 0.4) is 0 Å². The molecule has 4 nitrogen and oxygen atoms in total. The van der Waals surface area contributed by atoms with Crippen LogP contribution in [0.4, 0.5) is 0 Å². The highest BCUT2D eigenvalue weighted by molar-refractivity contribution is 5.03. The molecule has 2 unspecified atom stereocenters. The molecule has 1 aliphatic heterocycles. The Balaban J connectivity index is 1.97. The topological polar surface area (TPSA) is 41.3 Å². The Kier molecular flexibility index (Phi) is 3.61. The molecule has 1 fully saturated rings. The van der Waals surface area contributed by atoms with Gasteiger partial charge in [0.05, 0.1) is 6.20 Å². The van der Waals surface area contributed by atoms with Gasteiger partial charge in [-0.25, -0.2) is 4.98 Å². The predicted molar refractivity (Wildman–Crippen MR) is 63.6 cm³/mol. The molecule has 1 aliphatic rings. The minimum absolute atomic E-state index is 0.437. The van der Waals surface area contributed by atoms with Crippen LogP contribution in [0.5, 0.6) is 0 Å². The summed E-state index contributed by atoms with van der Waals surface area (Å²) < 4.78 is 5.81. The number of nitrogens with one attached hydrogen (secondary N) is 1. The van der Waals surface area contributed by atoms with Gasteiger partial charge in [-0.2, -0.15) is 0 Å². The average Bonchev–Trinajstić information content (AvgIpc) is 2.87. The zero-order valence-corrected chi connectivity index (χ0v) is 10.4. The van der Waals surface area contributed by atoms with Crippen molar-refractivity contribution in [1.82, 2.24) is 15.2 Å². The van der Waals surface area contributed by atoms with Crippen LogP contribution in [-0.4, -0.2) is 43.1 Å². The molecule has 2 heterocycles. The summed E-state index contributed by atoms with van der Waals surface area (Å²) in [6.07, 6.45) is 3.95. The second-order valence-electron chi connectivity index (χ2n) is 4.81. The number of aromatic nitrogens is 1. The number of likely N-dealkylation sites (tertiary alicyclic amines) is 1. The Morgan fingerprint density at radius 3 is 3.12 bits per heavy atom. The number of nitrogens with zero attached hydrogens (tertiary/aromatic N) is 2. The molecular weight excluding hydrogens is 202 g/mol. The third kappa shape index (κ3) is 2.62. The van der Waals surface area contributed by atoms with Crippen molar-refractivity contribution in [2.24, 2.45) is 0 Å². The molecule has 0 radical (unpaired) electrons. The first kappa shape index (κ1) is 11.6. The number of hydrogen-bond acceptors (Lipinski definition) is 4. The zero-order chi connectivity index (χ0) is 11.5. The maximum atomic E-state index is 5.81. The van der Waals surface area contributed by atoms with E-state index in [4.69, 9.17) is 4.42 Å². The summed E-state index contributed by atoms with van der Waals surface area (Å²) >= 11 is 0. The lowest BCUT2D eigenvalue weighted by Crippen LogP contribution is -2.23. The number of oxazole rings is 1. The Hall–Kier alpha value is -0.870. The summed E-state index contributed by atoms with van der Waals surface area (Å²) in [4.78, 5) is 6.72. The smallest absolute Gasteiger partial charge is 0.198 e. The van der Waals surface area contributed by atoms with Crippen molar-refractivity contribution in [3.63, 3.8) is 0 Å². The van der Waals surface area contributed by atoms with Gasteiger partial charge in [0.2, 0.25) is 0 Å². The first-order valence-corrected chi connectivity index (χ1v) is 5.99. The molecule has 0 aromatic carbocycles. The fourth-order valence-corrected chi connectivity index (χ4v) is 2.15. The average molecular weight is 223 g/mol. The van der Waals surface area contributed by atoms with Gasteiger partial charge in [0.1, 0.15) is 5.76 Å². The van der Waals surface area contributed by atoms with Gasteiger partial charge in [0.25, 0.3) is 0 Å². The summed E-state index contributed by atoms with van der Waals surface area (Å²) in [5.41, 5.74) is 0. The van der Waals surface area contributed by atoms with Gasteiger partial charge in [0.15, 0.2) is 5.89 Å². The number of hydrogen-bond donors (Lipinski definition) is 1. The van der Waals surface area contributed by atoms with Crippen LogP contribution in [0, 0.1) is 0 Å². The minimum atomic E-state index is 0.437. The largest absolute Gasteiger partial charge is 0.445 e. The second kappa shape index (κ2) is 4.97. The van der Waals surface area contributed by atoms with E-state index >= 15 is 0 Å². The summed E-state index contributed by atoms with van der Waals surface area (Å²) in [5, 5.41) is 3.20. The molecule has 1 N–H and O–H groups in total. The van der Waals surface area contributed by atoms with E-state index in [0.29, 0.717) is 12.0 Å². The summed E-state index contributed by atoms with van der Waals surface area (Å²) in [7, 11) is 4.11. The predicted octanol–water partition coefficient (Wildman–Crippen LogP) is 1.24. The van der Waals surface area contributed by atoms with E-state index in [9.17, 15) is 0 Å². The van der Waals surface area contributed by atoms with E-state index in [1.54, 1.807) is 0 Å². The minimum Gasteiger partial charge on any atom is -0.445 e. The van der Waals surface area contributed by atoms with Crippen LogP contribution in [0.15, 0.2) is 10.6 Å². The SMILES string of the molecule is CNC(C)Cc1cnc(C2CCN(C)C2)o1. The normalized spacial score (nSPS) is 23.8.